The lowest BCUT2D eigenvalue weighted by Gasteiger charge is -2.29. The number of ether oxygens (including phenoxy) is 1. The van der Waals surface area contributed by atoms with Gasteiger partial charge in [-0.15, -0.1) is 0 Å². The lowest BCUT2D eigenvalue weighted by molar-refractivity contribution is 0.272. The molecule has 0 aromatic heterocycles. The maximum Gasteiger partial charge on any atom is 0.131 e. The maximum atomic E-state index is 14.1. The van der Waals surface area contributed by atoms with Gasteiger partial charge in [-0.1, -0.05) is 19.9 Å². The highest BCUT2D eigenvalue weighted by molar-refractivity contribution is 5.30. The van der Waals surface area contributed by atoms with E-state index in [1.165, 1.54) is 6.07 Å². The summed E-state index contributed by atoms with van der Waals surface area (Å²) in [5.74, 6) is 0.810. The molecule has 3 nitrogen and oxygen atoms in total. The molecule has 2 unspecified atom stereocenters. The Kier molecular flexibility index (Phi) is 6.43. The molecule has 0 radical (unpaired) electrons. The topological polar surface area (TPSA) is 24.5 Å². The maximum absolute atomic E-state index is 14.1. The molecule has 0 aliphatic carbocycles. The highest BCUT2D eigenvalue weighted by Crippen LogP contribution is 2.22. The Morgan fingerprint density at radius 1 is 1.25 bits per heavy atom. The van der Waals surface area contributed by atoms with Gasteiger partial charge in [-0.05, 0) is 33.0 Å². The first kappa shape index (κ1) is 16.9. The van der Waals surface area contributed by atoms with Crippen molar-refractivity contribution in [2.45, 2.75) is 32.9 Å². The Balaban J connectivity index is 2.80. The molecule has 20 heavy (non-hydrogen) atoms. The number of methoxy groups -OCH3 is 1. The average Bonchev–Trinajstić information content (AvgIpc) is 2.36. The zero-order chi connectivity index (χ0) is 15.3. The second-order valence-corrected chi connectivity index (χ2v) is 5.89. The molecule has 0 aliphatic heterocycles. The molecular weight excluding hydrogens is 255 g/mol. The molecule has 0 aliphatic rings. The second-order valence-electron chi connectivity index (χ2n) is 5.89. The quantitative estimate of drug-likeness (QED) is 0.832. The number of benzene rings is 1. The number of likely N-dealkylation sites (N-methyl/N-ethyl adjacent to an activating group) is 1. The number of rotatable bonds is 7. The number of halogens is 1. The van der Waals surface area contributed by atoms with Crippen molar-refractivity contribution in [1.82, 2.24) is 10.2 Å². The molecule has 0 heterocycles. The van der Waals surface area contributed by atoms with E-state index in [4.69, 9.17) is 4.74 Å². The van der Waals surface area contributed by atoms with Gasteiger partial charge in [0, 0.05) is 30.3 Å². The van der Waals surface area contributed by atoms with Crippen molar-refractivity contribution in [3.63, 3.8) is 0 Å². The monoisotopic (exact) mass is 282 g/mol. The Morgan fingerprint density at radius 3 is 2.35 bits per heavy atom. The summed E-state index contributed by atoms with van der Waals surface area (Å²) in [4.78, 5) is 2.15. The molecule has 0 amide bonds. The van der Waals surface area contributed by atoms with E-state index in [1.807, 2.05) is 6.92 Å². The predicted molar refractivity (Wildman–Crippen MR) is 81.7 cm³/mol. The van der Waals surface area contributed by atoms with Gasteiger partial charge in [-0.3, -0.25) is 0 Å². The molecule has 1 aromatic rings. The molecule has 1 rings (SSSR count). The molecule has 1 N–H and O–H groups in total. The summed E-state index contributed by atoms with van der Waals surface area (Å²) >= 11 is 0. The summed E-state index contributed by atoms with van der Waals surface area (Å²) in [7, 11) is 5.65. The van der Waals surface area contributed by atoms with Crippen LogP contribution in [0, 0.1) is 11.7 Å². The van der Waals surface area contributed by atoms with Crippen LogP contribution >= 0.6 is 0 Å². The van der Waals surface area contributed by atoms with E-state index in [2.05, 4.69) is 38.2 Å². The van der Waals surface area contributed by atoms with Crippen LogP contribution in [0.25, 0.3) is 0 Å². The zero-order valence-corrected chi connectivity index (χ0v) is 13.4. The highest BCUT2D eigenvalue weighted by atomic mass is 19.1. The molecule has 114 valence electrons. The van der Waals surface area contributed by atoms with Crippen LogP contribution < -0.4 is 10.1 Å². The van der Waals surface area contributed by atoms with Gasteiger partial charge in [0.05, 0.1) is 7.11 Å². The number of nitrogens with zero attached hydrogens (tertiary/aromatic N) is 1. The van der Waals surface area contributed by atoms with E-state index in [0.29, 0.717) is 23.3 Å². The van der Waals surface area contributed by atoms with Gasteiger partial charge < -0.3 is 15.0 Å². The smallest absolute Gasteiger partial charge is 0.131 e. The third-order valence-electron chi connectivity index (χ3n) is 3.50. The van der Waals surface area contributed by atoms with Crippen LogP contribution in [-0.2, 0) is 0 Å². The number of hydrogen-bond donors (Lipinski definition) is 1. The first-order valence-electron chi connectivity index (χ1n) is 7.09. The normalized spacial score (nSPS) is 14.7. The lowest BCUT2D eigenvalue weighted by atomic mass is 10.0. The van der Waals surface area contributed by atoms with Crippen molar-refractivity contribution in [3.8, 4) is 5.75 Å². The van der Waals surface area contributed by atoms with Gasteiger partial charge >= 0.3 is 0 Å². The first-order valence-corrected chi connectivity index (χ1v) is 7.09. The predicted octanol–water partition coefficient (Wildman–Crippen LogP) is 3.07. The van der Waals surface area contributed by atoms with Gasteiger partial charge in [-0.25, -0.2) is 4.39 Å². The SMILES string of the molecule is COc1ccc(C(C)NC(CN(C)C)C(C)C)c(F)c1. The minimum atomic E-state index is -0.225. The lowest BCUT2D eigenvalue weighted by Crippen LogP contribution is -2.43. The minimum absolute atomic E-state index is 0.0340. The van der Waals surface area contributed by atoms with Crippen LogP contribution in [0.5, 0.6) is 5.75 Å². The van der Waals surface area contributed by atoms with E-state index in [9.17, 15) is 4.39 Å². The van der Waals surface area contributed by atoms with Gasteiger partial charge in [0.2, 0.25) is 0 Å². The van der Waals surface area contributed by atoms with E-state index >= 15 is 0 Å². The van der Waals surface area contributed by atoms with E-state index in [1.54, 1.807) is 19.2 Å². The Bertz CT molecular complexity index is 421. The molecule has 0 spiro atoms. The van der Waals surface area contributed by atoms with Gasteiger partial charge in [0.25, 0.3) is 0 Å². The molecule has 0 bridgehead atoms. The third-order valence-corrected chi connectivity index (χ3v) is 3.50. The van der Waals surface area contributed by atoms with Crippen LogP contribution in [-0.4, -0.2) is 38.7 Å². The minimum Gasteiger partial charge on any atom is -0.497 e. The summed E-state index contributed by atoms with van der Waals surface area (Å²) in [5.41, 5.74) is 0.676. The largest absolute Gasteiger partial charge is 0.497 e. The van der Waals surface area contributed by atoms with Crippen molar-refractivity contribution in [2.75, 3.05) is 27.7 Å². The summed E-state index contributed by atoms with van der Waals surface area (Å²) in [5, 5.41) is 3.52. The van der Waals surface area contributed by atoms with Crippen molar-refractivity contribution < 1.29 is 9.13 Å². The van der Waals surface area contributed by atoms with E-state index < -0.39 is 0 Å². The molecule has 4 heteroatoms. The molecule has 1 aromatic carbocycles. The second kappa shape index (κ2) is 7.60. The molecule has 0 saturated heterocycles. The fourth-order valence-corrected chi connectivity index (χ4v) is 2.25. The van der Waals surface area contributed by atoms with Crippen LogP contribution in [0.3, 0.4) is 0 Å². The summed E-state index contributed by atoms with van der Waals surface area (Å²) in [6, 6.07) is 5.31. The van der Waals surface area contributed by atoms with Crippen LogP contribution in [0.2, 0.25) is 0 Å². The van der Waals surface area contributed by atoms with Crippen LogP contribution in [0.15, 0.2) is 18.2 Å². The van der Waals surface area contributed by atoms with Crippen molar-refractivity contribution in [2.24, 2.45) is 5.92 Å². The highest BCUT2D eigenvalue weighted by Gasteiger charge is 2.19. The van der Waals surface area contributed by atoms with E-state index in [-0.39, 0.29) is 11.9 Å². The third kappa shape index (κ3) is 4.76. The number of nitrogens with one attached hydrogen (secondary N) is 1. The molecule has 2 atom stereocenters. The van der Waals surface area contributed by atoms with Crippen LogP contribution in [0.1, 0.15) is 32.4 Å². The molecule has 0 fully saturated rings. The Labute approximate surface area is 122 Å². The summed E-state index contributed by atoms with van der Waals surface area (Å²) in [6.07, 6.45) is 0. The fraction of sp³-hybridized carbons (Fsp3) is 0.625. The molecular formula is C16H27FN2O. The number of hydrogen-bond acceptors (Lipinski definition) is 3. The van der Waals surface area contributed by atoms with Crippen LogP contribution in [0.4, 0.5) is 4.39 Å². The van der Waals surface area contributed by atoms with Crippen molar-refractivity contribution in [1.29, 1.82) is 0 Å². The molecule has 0 saturated carbocycles. The Hall–Kier alpha value is -1.13. The van der Waals surface area contributed by atoms with Gasteiger partial charge in [0.1, 0.15) is 11.6 Å². The average molecular weight is 282 g/mol. The van der Waals surface area contributed by atoms with Crippen molar-refractivity contribution >= 4 is 0 Å². The fourth-order valence-electron chi connectivity index (χ4n) is 2.25. The zero-order valence-electron chi connectivity index (χ0n) is 13.4. The van der Waals surface area contributed by atoms with Gasteiger partial charge in [0.15, 0.2) is 0 Å². The summed E-state index contributed by atoms with van der Waals surface area (Å²) in [6.45, 7) is 7.28. The van der Waals surface area contributed by atoms with E-state index in [0.717, 1.165) is 6.54 Å². The Morgan fingerprint density at radius 2 is 1.90 bits per heavy atom. The van der Waals surface area contributed by atoms with Gasteiger partial charge in [-0.2, -0.15) is 0 Å². The first-order chi connectivity index (χ1) is 9.35. The standard InChI is InChI=1S/C16H27FN2O/c1-11(2)16(10-19(4)5)18-12(3)14-8-7-13(20-6)9-15(14)17/h7-9,11-12,16,18H,10H2,1-6H3. The van der Waals surface area contributed by atoms with Crippen molar-refractivity contribution in [3.05, 3.63) is 29.6 Å². The summed E-state index contributed by atoms with van der Waals surface area (Å²) < 4.78 is 19.1.